The first-order valence-corrected chi connectivity index (χ1v) is 19.8. The minimum atomic E-state index is -0.398. The van der Waals surface area contributed by atoms with Gasteiger partial charge in [0.05, 0.1) is 22.1 Å². The van der Waals surface area contributed by atoms with Gasteiger partial charge in [-0.25, -0.2) is 9.98 Å². The number of hydrogen-bond acceptors (Lipinski definition) is 3. The number of allylic oxidation sites excluding steroid dienone is 4. The second-order valence-electron chi connectivity index (χ2n) is 13.6. The Bertz CT molecular complexity index is 2840. The molecule has 5 heteroatoms. The predicted molar refractivity (Wildman–Crippen MR) is 248 cm³/mol. The third kappa shape index (κ3) is 7.17. The highest BCUT2D eigenvalue weighted by Gasteiger charge is 2.22. The fraction of sp³-hybridized carbons (Fsp3) is 0.0566. The molecule has 10 rings (SSSR count). The molecule has 0 saturated carbocycles. The van der Waals surface area contributed by atoms with Crippen molar-refractivity contribution in [2.24, 2.45) is 9.98 Å². The number of hydrogen-bond donors (Lipinski definition) is 1. The lowest BCUT2D eigenvalue weighted by Gasteiger charge is -2.23. The van der Waals surface area contributed by atoms with Gasteiger partial charge in [-0.2, -0.15) is 0 Å². The summed E-state index contributed by atoms with van der Waals surface area (Å²) in [5, 5.41) is 8.57. The Hall–Kier alpha value is -7.50. The topological polar surface area (TPSA) is 46.6 Å². The Morgan fingerprint density at radius 3 is 1.17 bits per heavy atom. The number of benzene rings is 7. The van der Waals surface area contributed by atoms with E-state index in [0.29, 0.717) is 0 Å². The zero-order chi connectivity index (χ0) is 39.8. The monoisotopic (exact) mass is 751 g/mol. The fourth-order valence-corrected chi connectivity index (χ4v) is 7.61. The SMILES string of the molecule is C=C/C=C\C=C.CC.c1ccc(C2=NC(c3ccc(-n4c5ccccc5c5ccccc54)cc3)N=C(c3ccc(-n4c5ccccc5c5ccccc54)cc3)N2)cc1. The molecule has 0 bridgehead atoms. The van der Waals surface area contributed by atoms with Crippen molar-refractivity contribution in [2.45, 2.75) is 20.0 Å². The standard InChI is InChI=1S/C45H31N5.C6H8.C2H6/c1-2-12-30(13-3-1)43-46-44(31-22-26-33(27-23-31)49-39-18-8-4-14-35(39)36-15-5-9-19-40(36)49)48-45(47-43)32-24-28-34(29-25-32)50-41-20-10-6-16-37(41)38-17-7-11-21-42(38)50;1-3-5-6-4-2;1-2/h1-29,44H,(H,46,47,48);3-6H,1-2H2;1-2H3/b;6-5-;. The third-order valence-electron chi connectivity index (χ3n) is 10.2. The lowest BCUT2D eigenvalue weighted by Crippen LogP contribution is -2.36. The number of fused-ring (bicyclic) bond motifs is 6. The van der Waals surface area contributed by atoms with Gasteiger partial charge in [0, 0.05) is 44.0 Å². The Labute approximate surface area is 340 Å². The van der Waals surface area contributed by atoms with Crippen LogP contribution in [-0.4, -0.2) is 20.8 Å². The van der Waals surface area contributed by atoms with E-state index in [9.17, 15) is 0 Å². The molecule has 1 atom stereocenters. The molecule has 282 valence electrons. The van der Waals surface area contributed by atoms with Gasteiger partial charge in [-0.05, 0) is 66.2 Å². The van der Waals surface area contributed by atoms with Gasteiger partial charge in [-0.15, -0.1) is 0 Å². The number of nitrogens with zero attached hydrogens (tertiary/aromatic N) is 4. The summed E-state index contributed by atoms with van der Waals surface area (Å²) in [5.74, 6) is 1.60. The predicted octanol–water partition coefficient (Wildman–Crippen LogP) is 13.3. The molecule has 7 aromatic carbocycles. The molecule has 58 heavy (non-hydrogen) atoms. The summed E-state index contributed by atoms with van der Waals surface area (Å²) in [4.78, 5) is 10.3. The van der Waals surface area contributed by atoms with Crippen LogP contribution in [-0.2, 0) is 0 Å². The summed E-state index contributed by atoms with van der Waals surface area (Å²) >= 11 is 0. The molecule has 1 unspecified atom stereocenters. The molecular formula is C53H45N5. The average Bonchev–Trinajstić information content (AvgIpc) is 3.83. The summed E-state index contributed by atoms with van der Waals surface area (Å²) in [5.41, 5.74) is 10.0. The summed E-state index contributed by atoms with van der Waals surface area (Å²) < 4.78 is 4.67. The van der Waals surface area contributed by atoms with Crippen LogP contribution in [0.4, 0.5) is 0 Å². The van der Waals surface area contributed by atoms with Crippen molar-refractivity contribution in [1.29, 1.82) is 0 Å². The maximum Gasteiger partial charge on any atom is 0.169 e. The summed E-state index contributed by atoms with van der Waals surface area (Å²) in [6.45, 7) is 10.9. The Morgan fingerprint density at radius 2 is 0.776 bits per heavy atom. The van der Waals surface area contributed by atoms with Crippen molar-refractivity contribution in [3.05, 3.63) is 230 Å². The minimum absolute atomic E-state index is 0.398. The Balaban J connectivity index is 0.000000541. The molecule has 0 spiro atoms. The second kappa shape index (κ2) is 17.1. The van der Waals surface area contributed by atoms with E-state index in [1.54, 1.807) is 12.2 Å². The van der Waals surface area contributed by atoms with E-state index >= 15 is 0 Å². The van der Waals surface area contributed by atoms with Crippen molar-refractivity contribution in [1.82, 2.24) is 14.5 Å². The highest BCUT2D eigenvalue weighted by atomic mass is 15.2. The Kier molecular flexibility index (Phi) is 11.0. The normalized spacial score (nSPS) is 13.6. The Morgan fingerprint density at radius 1 is 0.431 bits per heavy atom. The molecule has 1 aliphatic rings. The van der Waals surface area contributed by atoms with E-state index in [4.69, 9.17) is 9.98 Å². The molecule has 0 aliphatic carbocycles. The van der Waals surface area contributed by atoms with Gasteiger partial charge in [-0.1, -0.05) is 167 Å². The van der Waals surface area contributed by atoms with Crippen LogP contribution < -0.4 is 5.32 Å². The minimum Gasteiger partial charge on any atom is -0.324 e. The van der Waals surface area contributed by atoms with Gasteiger partial charge in [0.2, 0.25) is 0 Å². The number of para-hydroxylation sites is 4. The highest BCUT2D eigenvalue weighted by Crippen LogP contribution is 2.34. The number of nitrogens with one attached hydrogen (secondary N) is 1. The largest absolute Gasteiger partial charge is 0.324 e. The summed E-state index contributed by atoms with van der Waals surface area (Å²) in [7, 11) is 0. The molecule has 9 aromatic rings. The molecule has 1 aliphatic heterocycles. The molecule has 0 saturated heterocycles. The van der Waals surface area contributed by atoms with Crippen LogP contribution in [0.3, 0.4) is 0 Å². The van der Waals surface area contributed by atoms with Crippen LogP contribution in [0.2, 0.25) is 0 Å². The van der Waals surface area contributed by atoms with E-state index < -0.39 is 6.17 Å². The third-order valence-corrected chi connectivity index (χ3v) is 10.2. The maximum atomic E-state index is 5.19. The zero-order valence-electron chi connectivity index (χ0n) is 32.8. The maximum absolute atomic E-state index is 5.19. The molecule has 5 nitrogen and oxygen atoms in total. The van der Waals surface area contributed by atoms with Crippen LogP contribution in [0.25, 0.3) is 55.0 Å². The lowest BCUT2D eigenvalue weighted by atomic mass is 10.1. The van der Waals surface area contributed by atoms with Crippen molar-refractivity contribution >= 4 is 55.3 Å². The zero-order valence-corrected chi connectivity index (χ0v) is 32.8. The van der Waals surface area contributed by atoms with E-state index in [1.165, 1.54) is 43.6 Å². The van der Waals surface area contributed by atoms with Gasteiger partial charge in [0.1, 0.15) is 11.7 Å². The second-order valence-corrected chi connectivity index (χ2v) is 13.6. The van der Waals surface area contributed by atoms with Gasteiger partial charge in [-0.3, -0.25) is 0 Å². The molecule has 0 fully saturated rings. The number of aromatic nitrogens is 2. The van der Waals surface area contributed by atoms with E-state index in [0.717, 1.165) is 39.7 Å². The van der Waals surface area contributed by atoms with Gasteiger partial charge in [0.25, 0.3) is 0 Å². The van der Waals surface area contributed by atoms with Gasteiger partial charge >= 0.3 is 0 Å². The quantitative estimate of drug-likeness (QED) is 0.162. The van der Waals surface area contributed by atoms with Crippen molar-refractivity contribution in [2.75, 3.05) is 0 Å². The lowest BCUT2D eigenvalue weighted by molar-refractivity contribution is 0.755. The molecule has 0 radical (unpaired) electrons. The average molecular weight is 752 g/mol. The molecule has 3 heterocycles. The molecule has 1 N–H and O–H groups in total. The van der Waals surface area contributed by atoms with Crippen molar-refractivity contribution in [3.63, 3.8) is 0 Å². The fourth-order valence-electron chi connectivity index (χ4n) is 7.61. The molecule has 2 aromatic heterocycles. The van der Waals surface area contributed by atoms with Crippen LogP contribution in [0.5, 0.6) is 0 Å². The number of rotatable bonds is 7. The van der Waals surface area contributed by atoms with E-state index in [1.807, 2.05) is 44.2 Å². The first kappa shape index (κ1) is 37.4. The van der Waals surface area contributed by atoms with Crippen molar-refractivity contribution < 1.29 is 0 Å². The first-order valence-electron chi connectivity index (χ1n) is 19.8. The highest BCUT2D eigenvalue weighted by molar-refractivity contribution is 6.16. The van der Waals surface area contributed by atoms with Crippen molar-refractivity contribution in [3.8, 4) is 11.4 Å². The number of amidine groups is 2. The molecular weight excluding hydrogens is 707 g/mol. The van der Waals surface area contributed by atoms with Crippen LogP contribution in [0.1, 0.15) is 36.7 Å². The van der Waals surface area contributed by atoms with Crippen LogP contribution in [0, 0.1) is 0 Å². The number of aliphatic imine (C=N–C) groups is 2. The van der Waals surface area contributed by atoms with Gasteiger partial charge in [0.15, 0.2) is 6.17 Å². The first-order chi connectivity index (χ1) is 28.7. The van der Waals surface area contributed by atoms with Crippen LogP contribution in [0.15, 0.2) is 223 Å². The van der Waals surface area contributed by atoms with Gasteiger partial charge < -0.3 is 14.5 Å². The summed E-state index contributed by atoms with van der Waals surface area (Å²) in [6.07, 6.45) is 6.68. The summed E-state index contributed by atoms with van der Waals surface area (Å²) in [6, 6.07) is 62.0. The van der Waals surface area contributed by atoms with Crippen LogP contribution >= 0.6 is 0 Å². The smallest absolute Gasteiger partial charge is 0.169 e. The molecule has 0 amide bonds. The van der Waals surface area contributed by atoms with E-state index in [2.05, 4.69) is 185 Å². The van der Waals surface area contributed by atoms with E-state index in [-0.39, 0.29) is 0 Å².